The van der Waals surface area contributed by atoms with Gasteiger partial charge in [0.2, 0.25) is 5.91 Å². The van der Waals surface area contributed by atoms with Gasteiger partial charge in [-0.2, -0.15) is 11.8 Å². The fraction of sp³-hybridized carbons (Fsp3) is 0.833. The number of amides is 1. The van der Waals surface area contributed by atoms with Crippen LogP contribution in [0.5, 0.6) is 0 Å². The molecule has 4 heteroatoms. The minimum Gasteiger partial charge on any atom is -0.341 e. The van der Waals surface area contributed by atoms with Gasteiger partial charge >= 0.3 is 0 Å². The molecule has 0 saturated heterocycles. The number of rotatable bonds is 36. The Bertz CT molecular complexity index is 702. The molecule has 0 spiro atoms. The fourth-order valence-corrected chi connectivity index (χ4v) is 6.71. The average molecular weight is 661 g/mol. The second-order valence-corrected chi connectivity index (χ2v) is 15.0. The predicted octanol–water partition coefficient (Wildman–Crippen LogP) is 13.0. The van der Waals surface area contributed by atoms with E-state index in [1.807, 2.05) is 30.8 Å². The highest BCUT2D eigenvalue weighted by molar-refractivity contribution is 7.99. The van der Waals surface area contributed by atoms with E-state index < -0.39 is 0 Å². The van der Waals surface area contributed by atoms with Gasteiger partial charge in [-0.25, -0.2) is 0 Å². The molecule has 270 valence electrons. The van der Waals surface area contributed by atoms with Gasteiger partial charge in [0.25, 0.3) is 0 Å². The van der Waals surface area contributed by atoms with Crippen LogP contribution in [-0.4, -0.2) is 60.9 Å². The zero-order chi connectivity index (χ0) is 33.6. The summed E-state index contributed by atoms with van der Waals surface area (Å²) in [5, 5.41) is 0. The second-order valence-electron chi connectivity index (χ2n) is 13.8. The molecule has 0 heterocycles. The van der Waals surface area contributed by atoms with Crippen molar-refractivity contribution < 1.29 is 4.79 Å². The summed E-state index contributed by atoms with van der Waals surface area (Å²) in [5.41, 5.74) is 0. The molecule has 0 aromatic heterocycles. The molecule has 0 aromatic carbocycles. The number of hydrogen-bond donors (Lipinski definition) is 0. The third-order valence-electron chi connectivity index (χ3n) is 8.74. The van der Waals surface area contributed by atoms with Crippen LogP contribution in [0.4, 0.5) is 0 Å². The van der Waals surface area contributed by atoms with Gasteiger partial charge in [-0.15, -0.1) is 0 Å². The van der Waals surface area contributed by atoms with E-state index in [1.54, 1.807) is 0 Å². The molecule has 0 fully saturated rings. The van der Waals surface area contributed by atoms with Crippen molar-refractivity contribution in [3.63, 3.8) is 0 Å². The average Bonchev–Trinajstić information content (AvgIpc) is 3.04. The third kappa shape index (κ3) is 35.8. The Labute approximate surface area is 293 Å². The monoisotopic (exact) mass is 661 g/mol. The van der Waals surface area contributed by atoms with E-state index in [1.165, 1.54) is 160 Å². The van der Waals surface area contributed by atoms with Gasteiger partial charge in [-0.1, -0.05) is 147 Å². The van der Waals surface area contributed by atoms with E-state index in [4.69, 9.17) is 0 Å². The first-order valence-electron chi connectivity index (χ1n) is 20.1. The van der Waals surface area contributed by atoms with E-state index in [9.17, 15) is 4.79 Å². The van der Waals surface area contributed by atoms with Crippen molar-refractivity contribution in [2.45, 2.75) is 181 Å². The van der Waals surface area contributed by atoms with Crippen LogP contribution in [0.25, 0.3) is 0 Å². The van der Waals surface area contributed by atoms with E-state index in [2.05, 4.69) is 55.2 Å². The molecule has 3 nitrogen and oxygen atoms in total. The van der Waals surface area contributed by atoms with Crippen LogP contribution in [0.15, 0.2) is 36.5 Å². The molecular weight excluding hydrogens is 581 g/mol. The van der Waals surface area contributed by atoms with Gasteiger partial charge in [0.1, 0.15) is 0 Å². The summed E-state index contributed by atoms with van der Waals surface area (Å²) in [4.78, 5) is 17.0. The van der Waals surface area contributed by atoms with Crippen LogP contribution in [-0.2, 0) is 4.79 Å². The molecule has 1 amide bonds. The normalized spacial score (nSPS) is 12.1. The fourth-order valence-electron chi connectivity index (χ4n) is 5.75. The Morgan fingerprint density at radius 3 is 1.41 bits per heavy atom. The summed E-state index contributed by atoms with van der Waals surface area (Å²) in [5.74, 6) is 2.61. The third-order valence-corrected chi connectivity index (χ3v) is 9.79. The zero-order valence-corrected chi connectivity index (χ0v) is 32.4. The maximum Gasteiger partial charge on any atom is 0.236 e. The summed E-state index contributed by atoms with van der Waals surface area (Å²) < 4.78 is 0. The molecule has 46 heavy (non-hydrogen) atoms. The highest BCUT2D eigenvalue weighted by atomic mass is 32.2. The first kappa shape index (κ1) is 45.0. The van der Waals surface area contributed by atoms with Crippen LogP contribution in [0.3, 0.4) is 0 Å². The van der Waals surface area contributed by atoms with Gasteiger partial charge in [0.15, 0.2) is 0 Å². The van der Waals surface area contributed by atoms with Crippen LogP contribution in [0.2, 0.25) is 0 Å². The van der Waals surface area contributed by atoms with E-state index >= 15 is 0 Å². The maximum absolute atomic E-state index is 12.8. The second kappa shape index (κ2) is 38.4. The first-order valence-corrected chi connectivity index (χ1v) is 21.2. The van der Waals surface area contributed by atoms with Crippen molar-refractivity contribution in [1.82, 2.24) is 9.80 Å². The van der Waals surface area contributed by atoms with Gasteiger partial charge < -0.3 is 9.80 Å². The topological polar surface area (TPSA) is 23.6 Å². The highest BCUT2D eigenvalue weighted by Gasteiger charge is 2.13. The number of carbonyl (C=O) groups is 1. The molecule has 0 rings (SSSR count). The highest BCUT2D eigenvalue weighted by Crippen LogP contribution is 2.13. The summed E-state index contributed by atoms with van der Waals surface area (Å²) in [6, 6.07) is 0. The molecule has 0 bridgehead atoms. The molecule has 0 radical (unpaired) electrons. The smallest absolute Gasteiger partial charge is 0.236 e. The Kier molecular flexibility index (Phi) is 37.6. The van der Waals surface area contributed by atoms with E-state index in [-0.39, 0.29) is 0 Å². The van der Waals surface area contributed by atoms with Crippen LogP contribution >= 0.6 is 11.8 Å². The van der Waals surface area contributed by atoms with Crippen LogP contribution < -0.4 is 0 Å². The zero-order valence-electron chi connectivity index (χ0n) is 31.6. The molecule has 0 atom stereocenters. The Balaban J connectivity index is 3.75. The predicted molar refractivity (Wildman–Crippen MR) is 211 cm³/mol. The number of hydrogen-bond acceptors (Lipinski definition) is 3. The summed E-state index contributed by atoms with van der Waals surface area (Å²) in [7, 11) is 4.00. The molecule has 0 saturated carbocycles. The van der Waals surface area contributed by atoms with Gasteiger partial charge in [0.05, 0.1) is 6.54 Å². The number of unbranched alkanes of at least 4 members (excludes halogenated alkanes) is 21. The van der Waals surface area contributed by atoms with Crippen molar-refractivity contribution in [1.29, 1.82) is 0 Å². The van der Waals surface area contributed by atoms with Gasteiger partial charge in [0, 0.05) is 18.8 Å². The lowest BCUT2D eigenvalue weighted by Crippen LogP contribution is -2.39. The SMILES string of the molecule is CCCCC/C=C\C/C=C\CCCCCCCCN(CCSCCCCCCCC/C=C\CCCCCCCC)C(=O)CN(C)C. The molecule has 0 aliphatic carbocycles. The van der Waals surface area contributed by atoms with E-state index in [0.29, 0.717) is 12.5 Å². The minimum absolute atomic E-state index is 0.297. The molecule has 0 aliphatic heterocycles. The molecular formula is C42H80N2OS. The number of likely N-dealkylation sites (N-methyl/N-ethyl adjacent to an activating group) is 1. The summed E-state index contributed by atoms with van der Waals surface area (Å²) in [6.45, 7) is 6.91. The largest absolute Gasteiger partial charge is 0.341 e. The standard InChI is InChI=1S/C42H80N2OS/c1-5-7-9-11-13-15-17-19-21-23-25-27-29-31-33-35-37-44(42(45)41-43(3)4)38-40-46-39-36-34-32-30-28-26-24-22-20-18-16-14-12-10-8-6-2/h13,15,19-22H,5-12,14,16-18,23-41H2,1-4H3/b15-13-,21-19-,22-20-. The lowest BCUT2D eigenvalue weighted by molar-refractivity contribution is -0.131. The lowest BCUT2D eigenvalue weighted by atomic mass is 10.1. The molecule has 0 aliphatic rings. The Hall–Kier alpha value is -1.00. The van der Waals surface area contributed by atoms with Crippen LogP contribution in [0.1, 0.15) is 181 Å². The number of carbonyl (C=O) groups excluding carboxylic acids is 1. The van der Waals surface area contributed by atoms with Crippen molar-refractivity contribution in [2.75, 3.05) is 45.2 Å². The van der Waals surface area contributed by atoms with Crippen molar-refractivity contribution in [2.24, 2.45) is 0 Å². The molecule has 0 unspecified atom stereocenters. The summed E-state index contributed by atoms with van der Waals surface area (Å²) in [6.07, 6.45) is 48.5. The first-order chi connectivity index (χ1) is 22.6. The minimum atomic E-state index is 0.297. The Morgan fingerprint density at radius 2 is 0.891 bits per heavy atom. The van der Waals surface area contributed by atoms with E-state index in [0.717, 1.165) is 31.7 Å². The summed E-state index contributed by atoms with van der Waals surface area (Å²) >= 11 is 2.04. The molecule has 0 aromatic rings. The van der Waals surface area contributed by atoms with Crippen molar-refractivity contribution in [3.05, 3.63) is 36.5 Å². The van der Waals surface area contributed by atoms with Crippen LogP contribution in [0, 0.1) is 0 Å². The quantitative estimate of drug-likeness (QED) is 0.0493. The van der Waals surface area contributed by atoms with Crippen molar-refractivity contribution >= 4 is 17.7 Å². The molecule has 0 N–H and O–H groups in total. The maximum atomic E-state index is 12.8. The number of thioether (sulfide) groups is 1. The lowest BCUT2D eigenvalue weighted by Gasteiger charge is -2.24. The van der Waals surface area contributed by atoms with Gasteiger partial charge in [-0.3, -0.25) is 4.79 Å². The Morgan fingerprint density at radius 1 is 0.478 bits per heavy atom. The van der Waals surface area contributed by atoms with Crippen molar-refractivity contribution in [3.8, 4) is 0 Å². The number of nitrogens with zero attached hydrogens (tertiary/aromatic N) is 2. The van der Waals surface area contributed by atoms with Gasteiger partial charge in [-0.05, 0) is 90.5 Å². The number of allylic oxidation sites excluding steroid dienone is 6.